The summed E-state index contributed by atoms with van der Waals surface area (Å²) in [6, 6.07) is 0. The van der Waals surface area contributed by atoms with Gasteiger partial charge in [0, 0.05) is 0 Å². The maximum atomic E-state index is 8.55. The smallest absolute Gasteiger partial charge is 1.00 e. The first-order valence-electron chi connectivity index (χ1n) is 0.730. The van der Waals surface area contributed by atoms with E-state index >= 15 is 0 Å². The normalized spacial score (nSPS) is 7.38. The largest absolute Gasteiger partial charge is 2.00 e. The van der Waals surface area contributed by atoms with Crippen molar-refractivity contribution >= 4 is 7.82 Å². The molecule has 0 amide bonds. The van der Waals surface area contributed by atoms with Gasteiger partial charge in [0.05, 0.1) is 0 Å². The summed E-state index contributed by atoms with van der Waals surface area (Å²) in [5.74, 6) is 0. The number of hydrogen-bond donors (Lipinski definition) is 0. The molecular formula is ClCoMnO4P. The zero-order chi connectivity index (χ0) is 4.50. The van der Waals surface area contributed by atoms with Crippen LogP contribution in [-0.4, -0.2) is 0 Å². The van der Waals surface area contributed by atoms with Crippen LogP contribution in [0, 0.1) is 0 Å². The first-order chi connectivity index (χ1) is 2.00. The molecule has 0 saturated carbocycles. The molecule has 52 valence electrons. The first-order valence-corrected chi connectivity index (χ1v) is 2.19. The zero-order valence-corrected chi connectivity index (χ0v) is 7.04. The van der Waals surface area contributed by atoms with Gasteiger partial charge in [-0.1, -0.05) is 0 Å². The Morgan fingerprint density at radius 2 is 1.12 bits per heavy atom. The Balaban J connectivity index is -0.0000000267. The van der Waals surface area contributed by atoms with Gasteiger partial charge >= 0.3 is 33.8 Å². The predicted molar refractivity (Wildman–Crippen MR) is 7.61 cm³/mol. The number of halogens is 1. The van der Waals surface area contributed by atoms with Crippen molar-refractivity contribution in [2.45, 2.75) is 0 Å². The van der Waals surface area contributed by atoms with E-state index in [2.05, 4.69) is 0 Å². The summed E-state index contributed by atoms with van der Waals surface area (Å²) < 4.78 is 8.55. The van der Waals surface area contributed by atoms with E-state index < -0.39 is 7.82 Å². The standard InChI is InChI=1S/ClH.Co.Mn.H3O4P/c;;;1-5(2,3)4/h1H;;;(H3,1,2,3,4)/q;2*+2;/p-4. The fourth-order valence-corrected chi connectivity index (χ4v) is 0. The van der Waals surface area contributed by atoms with Gasteiger partial charge in [-0.05, 0) is 0 Å². The SMILES string of the molecule is O=P([O-])([O-])[O-].[Cl-].[Co+2].[Mn+2]. The maximum absolute atomic E-state index is 8.55. The van der Waals surface area contributed by atoms with Crippen LogP contribution in [0.5, 0.6) is 0 Å². The molecule has 0 unspecified atom stereocenters. The van der Waals surface area contributed by atoms with E-state index in [9.17, 15) is 0 Å². The minimum absolute atomic E-state index is 0. The van der Waals surface area contributed by atoms with Gasteiger partial charge in [0.15, 0.2) is 0 Å². The molecule has 0 atom stereocenters. The van der Waals surface area contributed by atoms with Gasteiger partial charge < -0.3 is 31.7 Å². The minimum Gasteiger partial charge on any atom is -1.00 e. The van der Waals surface area contributed by atoms with Gasteiger partial charge in [-0.3, -0.25) is 0 Å². The van der Waals surface area contributed by atoms with Gasteiger partial charge in [0.2, 0.25) is 0 Å². The molecule has 0 spiro atoms. The molecule has 0 N–H and O–H groups in total. The van der Waals surface area contributed by atoms with Crippen molar-refractivity contribution in [1.82, 2.24) is 0 Å². The summed E-state index contributed by atoms with van der Waals surface area (Å²) in [5.41, 5.74) is 0. The average Bonchev–Trinajstić information content (AvgIpc) is 0.722. The molecule has 0 aliphatic heterocycles. The van der Waals surface area contributed by atoms with Crippen LogP contribution in [0.25, 0.3) is 0 Å². The van der Waals surface area contributed by atoms with E-state index in [0.717, 1.165) is 0 Å². The Morgan fingerprint density at radius 1 is 1.12 bits per heavy atom. The molecular weight excluding hydrogens is 244 g/mol. The molecule has 8 heavy (non-hydrogen) atoms. The van der Waals surface area contributed by atoms with Crippen molar-refractivity contribution in [1.29, 1.82) is 0 Å². The van der Waals surface area contributed by atoms with Crippen LogP contribution >= 0.6 is 7.82 Å². The van der Waals surface area contributed by atoms with Crippen molar-refractivity contribution in [3.8, 4) is 0 Å². The van der Waals surface area contributed by atoms with Gasteiger partial charge in [0.1, 0.15) is 0 Å². The number of phosphoric acid groups is 1. The molecule has 0 saturated heterocycles. The summed E-state index contributed by atoms with van der Waals surface area (Å²) in [4.78, 5) is 25.6. The number of rotatable bonds is 0. The van der Waals surface area contributed by atoms with Crippen LogP contribution in [0.4, 0.5) is 0 Å². The van der Waals surface area contributed by atoms with E-state index in [1.165, 1.54) is 0 Å². The van der Waals surface area contributed by atoms with Crippen molar-refractivity contribution in [2.75, 3.05) is 0 Å². The van der Waals surface area contributed by atoms with Gasteiger partial charge in [-0.2, -0.15) is 7.82 Å². The van der Waals surface area contributed by atoms with Crippen molar-refractivity contribution in [3.05, 3.63) is 0 Å². The summed E-state index contributed by atoms with van der Waals surface area (Å²) in [5, 5.41) is 0. The second kappa shape index (κ2) is 8.43. The van der Waals surface area contributed by atoms with E-state index in [4.69, 9.17) is 19.2 Å². The van der Waals surface area contributed by atoms with Crippen molar-refractivity contribution in [2.24, 2.45) is 0 Å². The third-order valence-electron chi connectivity index (χ3n) is 0. The Kier molecular flexibility index (Phi) is 23.9. The summed E-state index contributed by atoms with van der Waals surface area (Å²) in [6.45, 7) is 0. The third-order valence-corrected chi connectivity index (χ3v) is 0. The molecule has 0 fully saturated rings. The summed E-state index contributed by atoms with van der Waals surface area (Å²) in [6.07, 6.45) is 0. The second-order valence-corrected chi connectivity index (χ2v) is 1.34. The van der Waals surface area contributed by atoms with Gasteiger partial charge in [-0.25, -0.2) is 0 Å². The topological polar surface area (TPSA) is 86.2 Å². The maximum Gasteiger partial charge on any atom is 2.00 e. The van der Waals surface area contributed by atoms with Crippen LogP contribution in [0.15, 0.2) is 0 Å². The number of hydrogen-bond acceptors (Lipinski definition) is 4. The van der Waals surface area contributed by atoms with Crippen molar-refractivity contribution in [3.63, 3.8) is 0 Å². The Morgan fingerprint density at radius 3 is 1.12 bits per heavy atom. The van der Waals surface area contributed by atoms with Crippen LogP contribution < -0.4 is 27.1 Å². The fourth-order valence-electron chi connectivity index (χ4n) is 0. The molecule has 0 rings (SSSR count). The predicted octanol–water partition coefficient (Wildman–Crippen LogP) is -5.83. The van der Waals surface area contributed by atoms with E-state index in [1.807, 2.05) is 0 Å². The minimum atomic E-state index is -5.39. The molecule has 0 aromatic carbocycles. The van der Waals surface area contributed by atoms with Crippen LogP contribution in [-0.2, 0) is 38.4 Å². The van der Waals surface area contributed by atoms with Crippen LogP contribution in [0.3, 0.4) is 0 Å². The Labute approximate surface area is 73.4 Å². The van der Waals surface area contributed by atoms with E-state index in [-0.39, 0.29) is 46.3 Å². The Bertz CT molecular complexity index is 62.2. The molecule has 0 aliphatic carbocycles. The van der Waals surface area contributed by atoms with E-state index in [0.29, 0.717) is 0 Å². The summed E-state index contributed by atoms with van der Waals surface area (Å²) >= 11 is 0. The Hall–Kier alpha value is 1.43. The van der Waals surface area contributed by atoms with Crippen molar-refractivity contribution < 1.29 is 65.5 Å². The average molecular weight is 244 g/mol. The zero-order valence-electron chi connectivity index (χ0n) is 3.17. The molecule has 8 heteroatoms. The fraction of sp³-hybridized carbons (Fsp3) is 0. The first kappa shape index (κ1) is 22.7. The summed E-state index contributed by atoms with van der Waals surface area (Å²) in [7, 11) is -5.39. The molecule has 0 heterocycles. The molecule has 0 aliphatic rings. The molecule has 0 aromatic heterocycles. The second-order valence-electron chi connectivity index (χ2n) is 0.447. The quantitative estimate of drug-likeness (QED) is 0.314. The van der Waals surface area contributed by atoms with Gasteiger partial charge in [0.25, 0.3) is 0 Å². The van der Waals surface area contributed by atoms with Crippen LogP contribution in [0.2, 0.25) is 0 Å². The molecule has 0 bridgehead atoms. The monoisotopic (exact) mass is 244 g/mol. The third kappa shape index (κ3) is 151. The van der Waals surface area contributed by atoms with Crippen LogP contribution in [0.1, 0.15) is 0 Å². The van der Waals surface area contributed by atoms with E-state index in [1.54, 1.807) is 0 Å². The molecule has 0 aromatic rings. The van der Waals surface area contributed by atoms with Gasteiger partial charge in [-0.15, -0.1) is 0 Å². The molecule has 2 radical (unpaired) electrons. The molecule has 4 nitrogen and oxygen atoms in total.